The smallest absolute Gasteiger partial charge is 0.237 e. The fraction of sp³-hybridized carbons (Fsp3) is 0.632. The van der Waals surface area contributed by atoms with Crippen LogP contribution in [0.15, 0.2) is 24.3 Å². The van der Waals surface area contributed by atoms with Crippen molar-refractivity contribution in [3.63, 3.8) is 0 Å². The van der Waals surface area contributed by atoms with Crippen LogP contribution in [-0.2, 0) is 11.2 Å². The Morgan fingerprint density at radius 3 is 2.61 bits per heavy atom. The number of aryl methyl sites for hydroxylation is 1. The second-order valence-electron chi connectivity index (χ2n) is 6.62. The third-order valence-electron chi connectivity index (χ3n) is 5.03. The number of hydrogen-bond acceptors (Lipinski definition) is 3. The average molecular weight is 317 g/mol. The predicted molar refractivity (Wildman–Crippen MR) is 95.5 cm³/mol. The number of nitrogens with zero attached hydrogens (tertiary/aromatic N) is 1. The number of benzene rings is 1. The lowest BCUT2D eigenvalue weighted by molar-refractivity contribution is -0.127. The molecule has 1 aromatic rings. The normalized spacial score (nSPS) is 21.7. The summed E-state index contributed by atoms with van der Waals surface area (Å²) in [6.45, 7) is 8.17. The van der Waals surface area contributed by atoms with Gasteiger partial charge < -0.3 is 10.6 Å². The molecule has 1 heterocycles. The van der Waals surface area contributed by atoms with E-state index in [1.54, 1.807) is 0 Å². The first-order valence-corrected chi connectivity index (χ1v) is 8.85. The number of hydrogen-bond donors (Lipinski definition) is 2. The van der Waals surface area contributed by atoms with Gasteiger partial charge in [0.2, 0.25) is 5.91 Å². The van der Waals surface area contributed by atoms with E-state index in [9.17, 15) is 4.79 Å². The zero-order valence-corrected chi connectivity index (χ0v) is 14.9. The highest BCUT2D eigenvalue weighted by atomic mass is 16.2. The van der Waals surface area contributed by atoms with Gasteiger partial charge in [0.15, 0.2) is 0 Å². The van der Waals surface area contributed by atoms with Crippen molar-refractivity contribution in [3.8, 4) is 0 Å². The van der Waals surface area contributed by atoms with Crippen LogP contribution in [0.25, 0.3) is 0 Å². The van der Waals surface area contributed by atoms with Gasteiger partial charge in [0, 0.05) is 12.6 Å². The highest BCUT2D eigenvalue weighted by Crippen LogP contribution is 2.16. The minimum atomic E-state index is -0.0801. The summed E-state index contributed by atoms with van der Waals surface area (Å²) < 4.78 is 0. The molecule has 2 rings (SSSR count). The molecular weight excluding hydrogens is 286 g/mol. The van der Waals surface area contributed by atoms with E-state index in [2.05, 4.69) is 53.6 Å². The first kappa shape index (κ1) is 18.0. The maximum atomic E-state index is 12.6. The Hall–Kier alpha value is -1.39. The van der Waals surface area contributed by atoms with Gasteiger partial charge in [-0.05, 0) is 57.8 Å². The Morgan fingerprint density at radius 2 is 2.00 bits per heavy atom. The van der Waals surface area contributed by atoms with E-state index in [-0.39, 0.29) is 18.0 Å². The number of nitrogens with one attached hydrogen (secondary N) is 2. The average Bonchev–Trinajstić information content (AvgIpc) is 2.61. The number of carbonyl (C=O) groups excluding carboxylic acids is 1. The van der Waals surface area contributed by atoms with Crippen LogP contribution in [0.5, 0.6) is 0 Å². The highest BCUT2D eigenvalue weighted by molar-refractivity contribution is 5.81. The maximum absolute atomic E-state index is 12.6. The Bertz CT molecular complexity index is 500. The van der Waals surface area contributed by atoms with Crippen molar-refractivity contribution >= 4 is 5.91 Å². The molecule has 0 radical (unpaired) electrons. The predicted octanol–water partition coefficient (Wildman–Crippen LogP) is 2.50. The van der Waals surface area contributed by atoms with E-state index >= 15 is 0 Å². The Balaban J connectivity index is 1.91. The van der Waals surface area contributed by atoms with Gasteiger partial charge in [-0.25, -0.2) is 0 Å². The lowest BCUT2D eigenvalue weighted by Crippen LogP contribution is -2.52. The standard InChI is InChI=1S/C19H31N3O/c1-5-16-8-10-17(11-9-16)14(2)21-19(23)15(3)22-12-6-7-18(13-22)20-4/h8-11,14-15,18,20H,5-7,12-13H2,1-4H3,(H,21,23). The zero-order chi connectivity index (χ0) is 16.8. The van der Waals surface area contributed by atoms with Gasteiger partial charge >= 0.3 is 0 Å². The second-order valence-corrected chi connectivity index (χ2v) is 6.62. The third kappa shape index (κ3) is 4.79. The fourth-order valence-corrected chi connectivity index (χ4v) is 3.22. The quantitative estimate of drug-likeness (QED) is 0.847. The van der Waals surface area contributed by atoms with Crippen molar-refractivity contribution in [1.29, 1.82) is 0 Å². The van der Waals surface area contributed by atoms with Crippen LogP contribution in [-0.4, -0.2) is 43.0 Å². The van der Waals surface area contributed by atoms with E-state index < -0.39 is 0 Å². The van der Waals surface area contributed by atoms with Crippen LogP contribution in [0.1, 0.15) is 50.8 Å². The summed E-state index contributed by atoms with van der Waals surface area (Å²) >= 11 is 0. The summed E-state index contributed by atoms with van der Waals surface area (Å²) in [6, 6.07) is 8.98. The van der Waals surface area contributed by atoms with Gasteiger partial charge in [-0.1, -0.05) is 31.2 Å². The number of carbonyl (C=O) groups is 1. The van der Waals surface area contributed by atoms with Gasteiger partial charge in [-0.3, -0.25) is 9.69 Å². The van der Waals surface area contributed by atoms with E-state index in [0.717, 1.165) is 31.5 Å². The molecule has 0 aliphatic carbocycles. The van der Waals surface area contributed by atoms with Gasteiger partial charge in [0.25, 0.3) is 0 Å². The molecule has 1 saturated heterocycles. The summed E-state index contributed by atoms with van der Waals surface area (Å²) in [6.07, 6.45) is 3.39. The van der Waals surface area contributed by atoms with E-state index in [1.165, 1.54) is 12.0 Å². The minimum absolute atomic E-state index is 0.0424. The largest absolute Gasteiger partial charge is 0.348 e. The number of likely N-dealkylation sites (tertiary alicyclic amines) is 1. The molecule has 0 bridgehead atoms. The summed E-state index contributed by atoms with van der Waals surface area (Å²) in [5.74, 6) is 0.119. The molecule has 2 N–H and O–H groups in total. The monoisotopic (exact) mass is 317 g/mol. The van der Waals surface area contributed by atoms with Crippen molar-refractivity contribution in [2.24, 2.45) is 0 Å². The summed E-state index contributed by atoms with van der Waals surface area (Å²) in [4.78, 5) is 14.9. The lowest BCUT2D eigenvalue weighted by atomic mass is 10.0. The SMILES string of the molecule is CCc1ccc(C(C)NC(=O)C(C)N2CCCC(NC)C2)cc1. The Morgan fingerprint density at radius 1 is 1.30 bits per heavy atom. The van der Waals surface area contributed by atoms with Gasteiger partial charge in [0.1, 0.15) is 0 Å². The zero-order valence-electron chi connectivity index (χ0n) is 14.9. The van der Waals surface area contributed by atoms with Crippen LogP contribution in [0.3, 0.4) is 0 Å². The molecule has 4 nitrogen and oxygen atoms in total. The van der Waals surface area contributed by atoms with Crippen molar-refractivity contribution in [3.05, 3.63) is 35.4 Å². The molecule has 3 atom stereocenters. The van der Waals surface area contributed by atoms with Gasteiger partial charge in [-0.2, -0.15) is 0 Å². The van der Waals surface area contributed by atoms with Crippen LogP contribution in [0.4, 0.5) is 0 Å². The van der Waals surface area contributed by atoms with Crippen molar-refractivity contribution in [2.75, 3.05) is 20.1 Å². The molecule has 0 spiro atoms. The van der Waals surface area contributed by atoms with E-state index in [4.69, 9.17) is 0 Å². The first-order valence-electron chi connectivity index (χ1n) is 8.85. The molecule has 1 aliphatic rings. The van der Waals surface area contributed by atoms with E-state index in [0.29, 0.717) is 6.04 Å². The molecular formula is C19H31N3O. The van der Waals surface area contributed by atoms with Crippen LogP contribution in [0.2, 0.25) is 0 Å². The van der Waals surface area contributed by atoms with Crippen LogP contribution in [0, 0.1) is 0 Å². The molecule has 0 aromatic heterocycles. The Labute approximate surface area is 140 Å². The third-order valence-corrected chi connectivity index (χ3v) is 5.03. The topological polar surface area (TPSA) is 44.4 Å². The van der Waals surface area contributed by atoms with Crippen molar-refractivity contribution in [2.45, 2.75) is 58.2 Å². The molecule has 1 fully saturated rings. The minimum Gasteiger partial charge on any atom is -0.348 e. The molecule has 1 amide bonds. The number of piperidine rings is 1. The van der Waals surface area contributed by atoms with Crippen molar-refractivity contribution < 1.29 is 4.79 Å². The molecule has 128 valence electrons. The maximum Gasteiger partial charge on any atom is 0.237 e. The number of amides is 1. The Kier molecular flexibility index (Phi) is 6.60. The molecule has 1 aromatic carbocycles. The van der Waals surface area contributed by atoms with Gasteiger partial charge in [0.05, 0.1) is 12.1 Å². The van der Waals surface area contributed by atoms with Crippen molar-refractivity contribution in [1.82, 2.24) is 15.5 Å². The lowest BCUT2D eigenvalue weighted by Gasteiger charge is -2.36. The fourth-order valence-electron chi connectivity index (χ4n) is 3.22. The molecule has 4 heteroatoms. The molecule has 0 saturated carbocycles. The summed E-state index contributed by atoms with van der Waals surface area (Å²) in [7, 11) is 2.00. The number of likely N-dealkylation sites (N-methyl/N-ethyl adjacent to an activating group) is 1. The van der Waals surface area contributed by atoms with Crippen LogP contribution >= 0.6 is 0 Å². The van der Waals surface area contributed by atoms with E-state index in [1.807, 2.05) is 14.0 Å². The van der Waals surface area contributed by atoms with Crippen LogP contribution < -0.4 is 10.6 Å². The van der Waals surface area contributed by atoms with Gasteiger partial charge in [-0.15, -0.1) is 0 Å². The molecule has 23 heavy (non-hydrogen) atoms. The second kappa shape index (κ2) is 8.46. The highest BCUT2D eigenvalue weighted by Gasteiger charge is 2.27. The molecule has 1 aliphatic heterocycles. The summed E-state index contributed by atoms with van der Waals surface area (Å²) in [5.41, 5.74) is 2.49. The molecule has 3 unspecified atom stereocenters. The first-order chi connectivity index (χ1) is 11.0. The number of rotatable bonds is 6. The summed E-state index contributed by atoms with van der Waals surface area (Å²) in [5, 5.41) is 6.49.